The number of benzene rings is 1. The molecule has 2 aromatic rings. The van der Waals surface area contributed by atoms with Crippen LogP contribution in [0.3, 0.4) is 0 Å². The van der Waals surface area contributed by atoms with Crippen LogP contribution < -0.4 is 10.2 Å². The lowest BCUT2D eigenvalue weighted by atomic mass is 10.1. The summed E-state index contributed by atoms with van der Waals surface area (Å²) in [5, 5.41) is 4.11. The first-order valence-electron chi connectivity index (χ1n) is 7.10. The van der Waals surface area contributed by atoms with Gasteiger partial charge in [0, 0.05) is 9.35 Å². The van der Waals surface area contributed by atoms with Crippen molar-refractivity contribution in [3.8, 4) is 0 Å². The SMILES string of the molecule is Cc1cc(N2C(=O)NC(=O)C(=Cc3sccc3C)C2=O)ccc1Br. The van der Waals surface area contributed by atoms with E-state index in [2.05, 4.69) is 21.2 Å². The molecule has 1 aromatic carbocycles. The van der Waals surface area contributed by atoms with Gasteiger partial charge in [0.25, 0.3) is 11.8 Å². The van der Waals surface area contributed by atoms with Crippen LogP contribution >= 0.6 is 27.3 Å². The van der Waals surface area contributed by atoms with Gasteiger partial charge in [0.15, 0.2) is 0 Å². The van der Waals surface area contributed by atoms with Crippen molar-refractivity contribution in [2.75, 3.05) is 4.90 Å². The highest BCUT2D eigenvalue weighted by molar-refractivity contribution is 9.10. The third kappa shape index (κ3) is 2.92. The monoisotopic (exact) mass is 404 g/mol. The summed E-state index contributed by atoms with van der Waals surface area (Å²) in [5.41, 5.74) is 2.21. The molecule has 1 fully saturated rings. The molecule has 5 nitrogen and oxygen atoms in total. The second-order valence-electron chi connectivity index (χ2n) is 5.36. The number of nitrogens with zero attached hydrogens (tertiary/aromatic N) is 1. The van der Waals surface area contributed by atoms with Crippen LogP contribution in [-0.4, -0.2) is 17.8 Å². The zero-order valence-corrected chi connectivity index (χ0v) is 15.3. The molecule has 1 aliphatic heterocycles. The molecular weight excluding hydrogens is 392 g/mol. The molecule has 0 radical (unpaired) electrons. The van der Waals surface area contributed by atoms with E-state index in [9.17, 15) is 14.4 Å². The van der Waals surface area contributed by atoms with Gasteiger partial charge in [-0.2, -0.15) is 0 Å². The number of anilines is 1. The quantitative estimate of drug-likeness (QED) is 0.611. The summed E-state index contributed by atoms with van der Waals surface area (Å²) in [5.74, 6) is -1.30. The van der Waals surface area contributed by atoms with Gasteiger partial charge >= 0.3 is 6.03 Å². The Labute approximate surface area is 151 Å². The van der Waals surface area contributed by atoms with E-state index >= 15 is 0 Å². The Hall–Kier alpha value is -2.25. The molecule has 0 saturated carbocycles. The molecule has 1 aromatic heterocycles. The molecule has 7 heteroatoms. The summed E-state index contributed by atoms with van der Waals surface area (Å²) in [6.07, 6.45) is 1.53. The zero-order valence-electron chi connectivity index (χ0n) is 12.9. The molecule has 24 heavy (non-hydrogen) atoms. The van der Waals surface area contributed by atoms with E-state index in [0.717, 1.165) is 25.4 Å². The number of amides is 4. The predicted molar refractivity (Wildman–Crippen MR) is 96.9 cm³/mol. The predicted octanol–water partition coefficient (Wildman–Crippen LogP) is 3.79. The molecule has 0 aliphatic carbocycles. The zero-order chi connectivity index (χ0) is 17.4. The van der Waals surface area contributed by atoms with Gasteiger partial charge in [-0.3, -0.25) is 14.9 Å². The lowest BCUT2D eigenvalue weighted by molar-refractivity contribution is -0.122. The molecule has 0 spiro atoms. The van der Waals surface area contributed by atoms with E-state index in [-0.39, 0.29) is 5.57 Å². The largest absolute Gasteiger partial charge is 0.335 e. The summed E-state index contributed by atoms with van der Waals surface area (Å²) in [7, 11) is 0. The van der Waals surface area contributed by atoms with Crippen molar-refractivity contribution in [2.24, 2.45) is 0 Å². The first-order valence-corrected chi connectivity index (χ1v) is 8.77. The molecule has 1 aliphatic rings. The Balaban J connectivity index is 2.04. The molecular formula is C17H13BrN2O3S. The van der Waals surface area contributed by atoms with Crippen LogP contribution in [0.4, 0.5) is 10.5 Å². The van der Waals surface area contributed by atoms with Crippen LogP contribution in [0.5, 0.6) is 0 Å². The fraction of sp³-hybridized carbons (Fsp3) is 0.118. The van der Waals surface area contributed by atoms with Gasteiger partial charge in [0.1, 0.15) is 5.57 Å². The number of rotatable bonds is 2. The van der Waals surface area contributed by atoms with Crippen molar-refractivity contribution in [1.29, 1.82) is 0 Å². The average molecular weight is 405 g/mol. The van der Waals surface area contributed by atoms with Gasteiger partial charge in [0.05, 0.1) is 5.69 Å². The first-order chi connectivity index (χ1) is 11.4. The summed E-state index contributed by atoms with van der Waals surface area (Å²) in [6.45, 7) is 3.76. The molecule has 1 N–H and O–H groups in total. The first kappa shape index (κ1) is 16.6. The summed E-state index contributed by atoms with van der Waals surface area (Å²) < 4.78 is 0.872. The summed E-state index contributed by atoms with van der Waals surface area (Å²) in [4.78, 5) is 38.8. The smallest absolute Gasteiger partial charge is 0.273 e. The number of thiophene rings is 1. The van der Waals surface area contributed by atoms with E-state index in [1.54, 1.807) is 18.2 Å². The molecule has 2 heterocycles. The van der Waals surface area contributed by atoms with Crippen LogP contribution in [0.15, 0.2) is 39.7 Å². The molecule has 0 unspecified atom stereocenters. The number of carbonyl (C=O) groups is 3. The Morgan fingerprint density at radius 1 is 1.12 bits per heavy atom. The maximum absolute atomic E-state index is 12.7. The third-order valence-corrected chi connectivity index (χ3v) is 5.53. The van der Waals surface area contributed by atoms with Crippen molar-refractivity contribution in [1.82, 2.24) is 5.32 Å². The number of aryl methyl sites for hydroxylation is 2. The number of urea groups is 1. The number of carbonyl (C=O) groups excluding carboxylic acids is 3. The standard InChI is InChI=1S/C17H13BrN2O3S/c1-9-5-6-24-14(9)8-12-15(21)19-17(23)20(16(12)22)11-3-4-13(18)10(2)7-11/h3-8H,1-2H3,(H,19,21,23). The maximum Gasteiger partial charge on any atom is 0.335 e. The number of imide groups is 2. The minimum atomic E-state index is -0.744. The number of hydrogen-bond donors (Lipinski definition) is 1. The number of hydrogen-bond acceptors (Lipinski definition) is 4. The second kappa shape index (κ2) is 6.33. The van der Waals surface area contributed by atoms with Gasteiger partial charge in [-0.1, -0.05) is 15.9 Å². The lowest BCUT2D eigenvalue weighted by Gasteiger charge is -2.26. The highest BCUT2D eigenvalue weighted by atomic mass is 79.9. The number of halogens is 1. The van der Waals surface area contributed by atoms with E-state index in [1.165, 1.54) is 17.4 Å². The van der Waals surface area contributed by atoms with Crippen LogP contribution in [0.2, 0.25) is 0 Å². The maximum atomic E-state index is 12.7. The minimum Gasteiger partial charge on any atom is -0.273 e. The number of barbiturate groups is 1. The van der Waals surface area contributed by atoms with Crippen molar-refractivity contribution >= 4 is 56.9 Å². The van der Waals surface area contributed by atoms with Crippen LogP contribution in [0.25, 0.3) is 6.08 Å². The third-order valence-electron chi connectivity index (χ3n) is 3.68. The van der Waals surface area contributed by atoms with Crippen molar-refractivity contribution < 1.29 is 14.4 Å². The van der Waals surface area contributed by atoms with Gasteiger partial charge in [0.2, 0.25) is 0 Å². The molecule has 0 bridgehead atoms. The second-order valence-corrected chi connectivity index (χ2v) is 7.16. The topological polar surface area (TPSA) is 66.5 Å². The molecule has 0 atom stereocenters. The molecule has 4 amide bonds. The van der Waals surface area contributed by atoms with Crippen molar-refractivity contribution in [3.05, 3.63) is 55.7 Å². The van der Waals surface area contributed by atoms with Gasteiger partial charge in [-0.25, -0.2) is 9.69 Å². The summed E-state index contributed by atoms with van der Waals surface area (Å²) in [6, 6.07) is 6.29. The van der Waals surface area contributed by atoms with Crippen molar-refractivity contribution in [2.45, 2.75) is 13.8 Å². The van der Waals surface area contributed by atoms with Gasteiger partial charge in [-0.15, -0.1) is 11.3 Å². The Kier molecular flexibility index (Phi) is 4.38. The minimum absolute atomic E-state index is 0.0549. The van der Waals surface area contributed by atoms with Crippen LogP contribution in [0.1, 0.15) is 16.0 Å². The Morgan fingerprint density at radius 3 is 2.50 bits per heavy atom. The van der Waals surface area contributed by atoms with E-state index < -0.39 is 17.8 Å². The normalized spacial score (nSPS) is 16.7. The highest BCUT2D eigenvalue weighted by Gasteiger charge is 2.37. The van der Waals surface area contributed by atoms with Crippen molar-refractivity contribution in [3.63, 3.8) is 0 Å². The fourth-order valence-electron chi connectivity index (χ4n) is 2.32. The number of nitrogens with one attached hydrogen (secondary N) is 1. The molecule has 3 rings (SSSR count). The molecule has 122 valence electrons. The molecule has 1 saturated heterocycles. The van der Waals surface area contributed by atoms with E-state index in [0.29, 0.717) is 5.69 Å². The highest BCUT2D eigenvalue weighted by Crippen LogP contribution is 2.27. The average Bonchev–Trinajstić information content (AvgIpc) is 2.92. The van der Waals surface area contributed by atoms with E-state index in [4.69, 9.17) is 0 Å². The van der Waals surface area contributed by atoms with E-state index in [1.807, 2.05) is 25.3 Å². The van der Waals surface area contributed by atoms with Crippen LogP contribution in [-0.2, 0) is 9.59 Å². The van der Waals surface area contributed by atoms with Gasteiger partial charge in [-0.05, 0) is 60.7 Å². The fourth-order valence-corrected chi connectivity index (χ4v) is 3.43. The Bertz CT molecular complexity index is 901. The lowest BCUT2D eigenvalue weighted by Crippen LogP contribution is -2.54. The summed E-state index contributed by atoms with van der Waals surface area (Å²) >= 11 is 4.82. The Morgan fingerprint density at radius 2 is 1.88 bits per heavy atom. The van der Waals surface area contributed by atoms with Crippen LogP contribution in [0, 0.1) is 13.8 Å². The van der Waals surface area contributed by atoms with Gasteiger partial charge < -0.3 is 0 Å².